The summed E-state index contributed by atoms with van der Waals surface area (Å²) in [6.07, 6.45) is 0.231. The van der Waals surface area contributed by atoms with E-state index in [-0.39, 0.29) is 18.7 Å². The van der Waals surface area contributed by atoms with Crippen LogP contribution in [0.1, 0.15) is 47.5 Å². The molecule has 7 nitrogen and oxygen atoms in total. The molecule has 0 spiro atoms. The smallest absolute Gasteiger partial charge is 0.309 e. The first-order valence-electron chi connectivity index (χ1n) is 6.67. The summed E-state index contributed by atoms with van der Waals surface area (Å²) in [7, 11) is -4.06. The second-order valence-electron chi connectivity index (χ2n) is 6.70. The maximum absolute atomic E-state index is 12.2. The molecule has 1 atom stereocenters. The number of carbonyl (C=O) groups is 2. The third kappa shape index (κ3) is 7.42. The molecular formula is C13H25NO6S. The summed E-state index contributed by atoms with van der Waals surface area (Å²) in [5.41, 5.74) is -1.95. The largest absolute Gasteiger partial charge is 0.481 e. The highest BCUT2D eigenvalue weighted by Gasteiger charge is 2.39. The summed E-state index contributed by atoms with van der Waals surface area (Å²) < 4.78 is 30.0. The maximum atomic E-state index is 12.2. The molecule has 0 fully saturated rings. The maximum Gasteiger partial charge on any atom is 0.309 e. The van der Waals surface area contributed by atoms with Gasteiger partial charge in [0.2, 0.25) is 5.91 Å². The van der Waals surface area contributed by atoms with E-state index in [0.717, 1.165) is 0 Å². The molecule has 8 heteroatoms. The molecule has 0 aromatic carbocycles. The average Bonchev–Trinajstić information content (AvgIpc) is 2.23. The highest BCUT2D eigenvalue weighted by molar-refractivity contribution is 7.85. The molecule has 0 aromatic rings. The number of carbonyl (C=O) groups excluding carboxylic acids is 1. The van der Waals surface area contributed by atoms with Crippen LogP contribution in [0, 0.1) is 10.8 Å². The summed E-state index contributed by atoms with van der Waals surface area (Å²) in [6.45, 7) is 8.00. The molecular weight excluding hydrogens is 298 g/mol. The molecule has 0 heterocycles. The predicted molar refractivity (Wildman–Crippen MR) is 78.5 cm³/mol. The highest BCUT2D eigenvalue weighted by atomic mass is 32.2. The Morgan fingerprint density at radius 2 is 1.62 bits per heavy atom. The van der Waals surface area contributed by atoms with Gasteiger partial charge in [0.05, 0.1) is 11.2 Å². The quantitative estimate of drug-likeness (QED) is 0.579. The van der Waals surface area contributed by atoms with Gasteiger partial charge in [0, 0.05) is 11.5 Å². The lowest BCUT2D eigenvalue weighted by Gasteiger charge is -2.32. The normalized spacial score (nSPS) is 14.6. The second kappa shape index (κ2) is 6.74. The zero-order chi connectivity index (χ0) is 17.1. The molecule has 3 N–H and O–H groups in total. The number of amides is 1. The third-order valence-electron chi connectivity index (χ3n) is 3.26. The lowest BCUT2D eigenvalue weighted by Crippen LogP contribution is -2.45. The lowest BCUT2D eigenvalue weighted by molar-refractivity contribution is -0.149. The van der Waals surface area contributed by atoms with E-state index in [9.17, 15) is 18.0 Å². The van der Waals surface area contributed by atoms with Crippen molar-refractivity contribution in [3.63, 3.8) is 0 Å². The summed E-state index contributed by atoms with van der Waals surface area (Å²) in [5.74, 6) is -1.77. The minimum atomic E-state index is -4.06. The van der Waals surface area contributed by atoms with Crippen LogP contribution >= 0.6 is 0 Å². The SMILES string of the molecule is CC(CCS(=O)(=O)O)NC(=O)C(C)(C)CC(C)(C)C(=O)O. The Labute approximate surface area is 125 Å². The fraction of sp³-hybridized carbons (Fsp3) is 0.846. The van der Waals surface area contributed by atoms with Gasteiger partial charge in [-0.1, -0.05) is 13.8 Å². The minimum absolute atomic E-state index is 0.0863. The molecule has 0 aliphatic heterocycles. The molecule has 0 saturated heterocycles. The van der Waals surface area contributed by atoms with Crippen molar-refractivity contribution >= 4 is 22.0 Å². The van der Waals surface area contributed by atoms with Gasteiger partial charge in [0.25, 0.3) is 10.1 Å². The van der Waals surface area contributed by atoms with E-state index in [1.807, 2.05) is 0 Å². The monoisotopic (exact) mass is 323 g/mol. The minimum Gasteiger partial charge on any atom is -0.481 e. The molecule has 0 rings (SSSR count). The van der Waals surface area contributed by atoms with Crippen LogP contribution in [0.25, 0.3) is 0 Å². The van der Waals surface area contributed by atoms with E-state index in [0.29, 0.717) is 0 Å². The van der Waals surface area contributed by atoms with Crippen LogP contribution in [0.4, 0.5) is 0 Å². The van der Waals surface area contributed by atoms with Crippen LogP contribution in [-0.4, -0.2) is 41.7 Å². The fourth-order valence-corrected chi connectivity index (χ4v) is 2.73. The van der Waals surface area contributed by atoms with Crippen molar-refractivity contribution in [2.24, 2.45) is 10.8 Å². The predicted octanol–water partition coefficient (Wildman–Crippen LogP) is 1.30. The van der Waals surface area contributed by atoms with E-state index in [1.165, 1.54) is 0 Å². The average molecular weight is 323 g/mol. The first kappa shape index (κ1) is 19.9. The first-order chi connectivity index (χ1) is 9.17. The molecule has 0 aliphatic rings. The number of aliphatic carboxylic acids is 1. The van der Waals surface area contributed by atoms with E-state index >= 15 is 0 Å². The van der Waals surface area contributed by atoms with Gasteiger partial charge >= 0.3 is 5.97 Å². The standard InChI is InChI=1S/C13H25NO6S/c1-9(6-7-21(18,19)20)14-10(15)12(2,3)8-13(4,5)11(16)17/h9H,6-8H2,1-5H3,(H,14,15)(H,16,17)(H,18,19,20). The van der Waals surface area contributed by atoms with Gasteiger partial charge in [-0.05, 0) is 33.6 Å². The Morgan fingerprint density at radius 1 is 1.14 bits per heavy atom. The zero-order valence-electron chi connectivity index (χ0n) is 13.1. The molecule has 21 heavy (non-hydrogen) atoms. The second-order valence-corrected chi connectivity index (χ2v) is 8.27. The van der Waals surface area contributed by atoms with Gasteiger partial charge in [0.15, 0.2) is 0 Å². The number of hydrogen-bond donors (Lipinski definition) is 3. The van der Waals surface area contributed by atoms with Crippen molar-refractivity contribution in [2.45, 2.75) is 53.5 Å². The molecule has 1 unspecified atom stereocenters. The van der Waals surface area contributed by atoms with Crippen molar-refractivity contribution < 1.29 is 27.7 Å². The van der Waals surface area contributed by atoms with Crippen LogP contribution in [0.2, 0.25) is 0 Å². The molecule has 0 aliphatic carbocycles. The first-order valence-corrected chi connectivity index (χ1v) is 8.28. The molecule has 0 bridgehead atoms. The van der Waals surface area contributed by atoms with E-state index < -0.39 is 38.7 Å². The topological polar surface area (TPSA) is 121 Å². The Bertz CT molecular complexity index is 495. The molecule has 1 amide bonds. The van der Waals surface area contributed by atoms with Gasteiger partial charge in [-0.2, -0.15) is 8.42 Å². The van der Waals surface area contributed by atoms with Crippen molar-refractivity contribution in [3.8, 4) is 0 Å². The van der Waals surface area contributed by atoms with Gasteiger partial charge in [0.1, 0.15) is 0 Å². The number of nitrogens with one attached hydrogen (secondary N) is 1. The van der Waals surface area contributed by atoms with Crippen LogP contribution in [0.5, 0.6) is 0 Å². The van der Waals surface area contributed by atoms with Crippen molar-refractivity contribution in [1.29, 1.82) is 0 Å². The summed E-state index contributed by atoms with van der Waals surface area (Å²) >= 11 is 0. The Morgan fingerprint density at radius 3 is 2.00 bits per heavy atom. The Kier molecular flexibility index (Phi) is 6.37. The fourth-order valence-electron chi connectivity index (χ4n) is 2.08. The highest BCUT2D eigenvalue weighted by Crippen LogP contribution is 2.34. The van der Waals surface area contributed by atoms with Gasteiger partial charge < -0.3 is 10.4 Å². The lowest BCUT2D eigenvalue weighted by atomic mass is 9.74. The molecule has 0 saturated carbocycles. The third-order valence-corrected chi connectivity index (χ3v) is 4.02. The Balaban J connectivity index is 4.66. The van der Waals surface area contributed by atoms with Crippen molar-refractivity contribution in [2.75, 3.05) is 5.75 Å². The van der Waals surface area contributed by atoms with Gasteiger partial charge in [-0.25, -0.2) is 0 Å². The van der Waals surface area contributed by atoms with E-state index in [4.69, 9.17) is 9.66 Å². The number of carboxylic acid groups (broad SMARTS) is 1. The molecule has 0 aromatic heterocycles. The van der Waals surface area contributed by atoms with Crippen molar-refractivity contribution in [1.82, 2.24) is 5.32 Å². The van der Waals surface area contributed by atoms with Crippen LogP contribution in [-0.2, 0) is 19.7 Å². The summed E-state index contributed by atoms with van der Waals surface area (Å²) in [6, 6.07) is -0.438. The van der Waals surface area contributed by atoms with Gasteiger partial charge in [-0.15, -0.1) is 0 Å². The zero-order valence-corrected chi connectivity index (χ0v) is 14.0. The van der Waals surface area contributed by atoms with Crippen LogP contribution < -0.4 is 5.32 Å². The molecule has 0 radical (unpaired) electrons. The van der Waals surface area contributed by atoms with Crippen LogP contribution in [0.15, 0.2) is 0 Å². The summed E-state index contributed by atoms with van der Waals surface area (Å²) in [5, 5.41) is 11.8. The molecule has 124 valence electrons. The number of hydrogen-bond acceptors (Lipinski definition) is 4. The number of carboxylic acids is 1. The Hall–Kier alpha value is -1.15. The van der Waals surface area contributed by atoms with E-state index in [2.05, 4.69) is 5.32 Å². The van der Waals surface area contributed by atoms with Crippen LogP contribution in [0.3, 0.4) is 0 Å². The van der Waals surface area contributed by atoms with Gasteiger partial charge in [-0.3, -0.25) is 14.1 Å². The van der Waals surface area contributed by atoms with E-state index in [1.54, 1.807) is 34.6 Å². The van der Waals surface area contributed by atoms with Crippen molar-refractivity contribution in [3.05, 3.63) is 0 Å². The summed E-state index contributed by atoms with van der Waals surface area (Å²) in [4.78, 5) is 23.3. The number of rotatable bonds is 8.